The summed E-state index contributed by atoms with van der Waals surface area (Å²) in [6.45, 7) is 5.80. The summed E-state index contributed by atoms with van der Waals surface area (Å²) in [7, 11) is 0. The molecule has 0 aliphatic rings. The number of ether oxygens (including phenoxy) is 1. The number of amides is 1. The highest BCUT2D eigenvalue weighted by Gasteiger charge is 2.02. The van der Waals surface area contributed by atoms with Crippen LogP contribution in [0.1, 0.15) is 27.2 Å². The molecule has 0 spiro atoms. The number of nitrogens with one attached hydrogen (secondary N) is 2. The van der Waals surface area contributed by atoms with E-state index in [1.165, 1.54) is 0 Å². The van der Waals surface area contributed by atoms with Gasteiger partial charge in [0.25, 0.3) is 0 Å². The van der Waals surface area contributed by atoms with Crippen LogP contribution in [0.2, 0.25) is 0 Å². The van der Waals surface area contributed by atoms with E-state index in [1.807, 2.05) is 44.2 Å². The summed E-state index contributed by atoms with van der Waals surface area (Å²) in [5, 5.41) is 5.96. The number of hydrogen-bond donors (Lipinski definition) is 2. The highest BCUT2D eigenvalue weighted by molar-refractivity contribution is 5.89. The van der Waals surface area contributed by atoms with E-state index in [0.29, 0.717) is 12.2 Å². The summed E-state index contributed by atoms with van der Waals surface area (Å²) in [4.78, 5) is 15.5. The number of nitrogens with zero attached hydrogens (tertiary/aromatic N) is 1. The Bertz CT molecular complexity index is 607. The van der Waals surface area contributed by atoms with E-state index in [4.69, 9.17) is 4.74 Å². The van der Waals surface area contributed by atoms with Crippen molar-refractivity contribution in [3.8, 4) is 5.75 Å². The maximum atomic E-state index is 11.3. The van der Waals surface area contributed by atoms with Crippen LogP contribution in [0.25, 0.3) is 0 Å². The number of carbonyl (C=O) groups excluding carboxylic acids is 1. The molecule has 0 bridgehead atoms. The van der Waals surface area contributed by atoms with Crippen molar-refractivity contribution < 1.29 is 9.53 Å². The van der Waals surface area contributed by atoms with Crippen LogP contribution in [0.15, 0.2) is 42.6 Å². The van der Waals surface area contributed by atoms with Crippen LogP contribution in [0, 0.1) is 0 Å². The first-order valence-corrected chi connectivity index (χ1v) is 7.36. The minimum absolute atomic E-state index is 0.0473. The molecule has 0 radical (unpaired) electrons. The summed E-state index contributed by atoms with van der Waals surface area (Å²) in [6, 6.07) is 11.4. The molecular formula is C17H21N3O2. The SMILES string of the molecule is CCC(=O)Nc1ccc(Nc2ccc(OC(C)C)cc2)cn1. The van der Waals surface area contributed by atoms with Crippen LogP contribution in [-0.4, -0.2) is 17.0 Å². The average molecular weight is 299 g/mol. The molecule has 0 atom stereocenters. The van der Waals surface area contributed by atoms with E-state index in [2.05, 4.69) is 15.6 Å². The van der Waals surface area contributed by atoms with E-state index in [-0.39, 0.29) is 12.0 Å². The highest BCUT2D eigenvalue weighted by atomic mass is 16.5. The molecule has 0 fully saturated rings. The average Bonchev–Trinajstić information content (AvgIpc) is 2.50. The van der Waals surface area contributed by atoms with Crippen molar-refractivity contribution in [2.24, 2.45) is 0 Å². The molecule has 2 aromatic rings. The lowest BCUT2D eigenvalue weighted by atomic mass is 10.3. The number of benzene rings is 1. The van der Waals surface area contributed by atoms with Crippen LogP contribution in [0.4, 0.5) is 17.2 Å². The monoisotopic (exact) mass is 299 g/mol. The molecule has 22 heavy (non-hydrogen) atoms. The van der Waals surface area contributed by atoms with Gasteiger partial charge in [-0.15, -0.1) is 0 Å². The van der Waals surface area contributed by atoms with Gasteiger partial charge in [-0.3, -0.25) is 4.79 Å². The first kappa shape index (κ1) is 15.8. The fourth-order valence-electron chi connectivity index (χ4n) is 1.83. The predicted molar refractivity (Wildman–Crippen MR) is 88.6 cm³/mol. The fourth-order valence-corrected chi connectivity index (χ4v) is 1.83. The van der Waals surface area contributed by atoms with E-state index in [9.17, 15) is 4.79 Å². The minimum atomic E-state index is -0.0473. The number of carbonyl (C=O) groups is 1. The number of rotatable bonds is 6. The Kier molecular flexibility index (Phi) is 5.36. The van der Waals surface area contributed by atoms with Crippen molar-refractivity contribution >= 4 is 23.1 Å². The van der Waals surface area contributed by atoms with Crippen molar-refractivity contribution in [3.63, 3.8) is 0 Å². The van der Waals surface area contributed by atoms with Crippen molar-refractivity contribution in [1.82, 2.24) is 4.98 Å². The fraction of sp³-hybridized carbons (Fsp3) is 0.294. The van der Waals surface area contributed by atoms with Gasteiger partial charge in [-0.1, -0.05) is 6.92 Å². The van der Waals surface area contributed by atoms with Crippen LogP contribution < -0.4 is 15.4 Å². The number of hydrogen-bond acceptors (Lipinski definition) is 4. The Labute approximate surface area is 130 Å². The predicted octanol–water partition coefficient (Wildman–Crippen LogP) is 3.96. The number of aromatic nitrogens is 1. The van der Waals surface area contributed by atoms with Gasteiger partial charge in [0.2, 0.25) is 5.91 Å². The molecule has 1 heterocycles. The van der Waals surface area contributed by atoms with Crippen LogP contribution in [0.3, 0.4) is 0 Å². The zero-order valence-corrected chi connectivity index (χ0v) is 13.1. The second kappa shape index (κ2) is 7.45. The van der Waals surface area contributed by atoms with Gasteiger partial charge < -0.3 is 15.4 Å². The van der Waals surface area contributed by atoms with Crippen LogP contribution in [-0.2, 0) is 4.79 Å². The highest BCUT2D eigenvalue weighted by Crippen LogP contribution is 2.21. The Morgan fingerprint density at radius 2 is 1.82 bits per heavy atom. The largest absolute Gasteiger partial charge is 0.491 e. The molecule has 1 amide bonds. The maximum Gasteiger partial charge on any atom is 0.225 e. The van der Waals surface area contributed by atoms with Gasteiger partial charge in [-0.25, -0.2) is 4.98 Å². The second-order valence-electron chi connectivity index (χ2n) is 5.15. The zero-order chi connectivity index (χ0) is 15.9. The van der Waals surface area contributed by atoms with Gasteiger partial charge in [0.1, 0.15) is 11.6 Å². The molecule has 0 saturated heterocycles. The summed E-state index contributed by atoms with van der Waals surface area (Å²) >= 11 is 0. The van der Waals surface area contributed by atoms with Crippen molar-refractivity contribution in [1.29, 1.82) is 0 Å². The van der Waals surface area contributed by atoms with Crippen molar-refractivity contribution in [2.75, 3.05) is 10.6 Å². The van der Waals surface area contributed by atoms with Crippen LogP contribution in [0.5, 0.6) is 5.75 Å². The molecule has 1 aromatic heterocycles. The minimum Gasteiger partial charge on any atom is -0.491 e. The van der Waals surface area contributed by atoms with Gasteiger partial charge in [-0.2, -0.15) is 0 Å². The van der Waals surface area contributed by atoms with Gasteiger partial charge in [0, 0.05) is 12.1 Å². The van der Waals surface area contributed by atoms with E-state index in [1.54, 1.807) is 19.2 Å². The molecular weight excluding hydrogens is 278 g/mol. The Hall–Kier alpha value is -2.56. The van der Waals surface area contributed by atoms with Gasteiger partial charge in [-0.05, 0) is 50.2 Å². The third-order valence-corrected chi connectivity index (χ3v) is 2.87. The summed E-state index contributed by atoms with van der Waals surface area (Å²) in [5.41, 5.74) is 1.80. The molecule has 0 unspecified atom stereocenters. The Balaban J connectivity index is 1.97. The smallest absolute Gasteiger partial charge is 0.225 e. The van der Waals surface area contributed by atoms with Crippen molar-refractivity contribution in [3.05, 3.63) is 42.6 Å². The molecule has 5 nitrogen and oxygen atoms in total. The summed E-state index contributed by atoms with van der Waals surface area (Å²) in [6.07, 6.45) is 2.28. The maximum absolute atomic E-state index is 11.3. The summed E-state index contributed by atoms with van der Waals surface area (Å²) < 4.78 is 5.60. The first-order chi connectivity index (χ1) is 10.6. The molecule has 5 heteroatoms. The van der Waals surface area contributed by atoms with Gasteiger partial charge in [0.15, 0.2) is 0 Å². The van der Waals surface area contributed by atoms with E-state index in [0.717, 1.165) is 17.1 Å². The third kappa shape index (κ3) is 4.77. The standard InChI is InChI=1S/C17H21N3O2/c1-4-17(21)20-16-10-7-14(11-18-16)19-13-5-8-15(9-6-13)22-12(2)3/h5-12,19H,4H2,1-3H3,(H,18,20,21). The van der Waals surface area contributed by atoms with E-state index < -0.39 is 0 Å². The van der Waals surface area contributed by atoms with Crippen molar-refractivity contribution in [2.45, 2.75) is 33.3 Å². The molecule has 1 aromatic carbocycles. The molecule has 2 N–H and O–H groups in total. The second-order valence-corrected chi connectivity index (χ2v) is 5.15. The Morgan fingerprint density at radius 1 is 1.14 bits per heavy atom. The molecule has 0 aliphatic heterocycles. The summed E-state index contributed by atoms with van der Waals surface area (Å²) in [5.74, 6) is 1.35. The quantitative estimate of drug-likeness (QED) is 0.847. The number of pyridine rings is 1. The lowest BCUT2D eigenvalue weighted by molar-refractivity contribution is -0.115. The molecule has 2 rings (SSSR count). The first-order valence-electron chi connectivity index (χ1n) is 7.36. The normalized spacial score (nSPS) is 10.4. The molecule has 0 aliphatic carbocycles. The Morgan fingerprint density at radius 3 is 2.36 bits per heavy atom. The topological polar surface area (TPSA) is 63.2 Å². The molecule has 0 saturated carbocycles. The van der Waals surface area contributed by atoms with Gasteiger partial charge in [0.05, 0.1) is 18.0 Å². The van der Waals surface area contributed by atoms with Crippen LogP contribution >= 0.6 is 0 Å². The third-order valence-electron chi connectivity index (χ3n) is 2.87. The molecule has 116 valence electrons. The van der Waals surface area contributed by atoms with Gasteiger partial charge >= 0.3 is 0 Å². The van der Waals surface area contributed by atoms with E-state index >= 15 is 0 Å². The lowest BCUT2D eigenvalue weighted by Gasteiger charge is -2.11. The zero-order valence-electron chi connectivity index (χ0n) is 13.1. The number of anilines is 3. The lowest BCUT2D eigenvalue weighted by Crippen LogP contribution is -2.10.